The Bertz CT molecular complexity index is 1380. The minimum absolute atomic E-state index is 0.0771. The zero-order chi connectivity index (χ0) is 22.7. The molecule has 4 rings (SSSR count). The van der Waals surface area contributed by atoms with Crippen molar-refractivity contribution in [1.29, 1.82) is 0 Å². The van der Waals surface area contributed by atoms with Crippen LogP contribution in [0.1, 0.15) is 12.3 Å². The lowest BCUT2D eigenvalue weighted by Crippen LogP contribution is -2.40. The first-order valence-corrected chi connectivity index (χ1v) is 9.94. The van der Waals surface area contributed by atoms with Crippen LogP contribution in [0, 0.1) is 0 Å². The molecule has 0 spiro atoms. The molecule has 2 heterocycles. The summed E-state index contributed by atoms with van der Waals surface area (Å²) in [5.74, 6) is -0.135. The van der Waals surface area contributed by atoms with Gasteiger partial charge in [0.1, 0.15) is 0 Å². The number of halogens is 1. The molecule has 0 unspecified atom stereocenters. The lowest BCUT2D eigenvalue weighted by Gasteiger charge is -2.07. The highest BCUT2D eigenvalue weighted by Crippen LogP contribution is 2.14. The standard InChI is InChI=1S/C21H17ClN6O4/c1-27-20(30)18(25-28(21(27)31)15-9-7-13(22)8-10-15)19-24-17(32-26-19)12-11-16(29)23-14-5-3-2-4-6-14/h2-10H,11-12H2,1H3,(H,23,29). The first kappa shape index (κ1) is 21.2. The second-order valence-electron chi connectivity index (χ2n) is 6.81. The summed E-state index contributed by atoms with van der Waals surface area (Å²) < 4.78 is 7.13. The zero-order valence-corrected chi connectivity index (χ0v) is 17.6. The van der Waals surface area contributed by atoms with Gasteiger partial charge in [-0.3, -0.25) is 14.2 Å². The second kappa shape index (κ2) is 8.98. The molecule has 10 nitrogen and oxygen atoms in total. The van der Waals surface area contributed by atoms with E-state index in [2.05, 4.69) is 20.6 Å². The molecule has 0 saturated heterocycles. The van der Waals surface area contributed by atoms with Crippen molar-refractivity contribution in [3.8, 4) is 17.2 Å². The number of hydrogen-bond donors (Lipinski definition) is 1. The summed E-state index contributed by atoms with van der Waals surface area (Å²) in [4.78, 5) is 41.4. The number of carbonyl (C=O) groups is 1. The molecule has 11 heteroatoms. The van der Waals surface area contributed by atoms with Crippen molar-refractivity contribution in [3.63, 3.8) is 0 Å². The van der Waals surface area contributed by atoms with Gasteiger partial charge in [-0.2, -0.15) is 14.8 Å². The van der Waals surface area contributed by atoms with Gasteiger partial charge >= 0.3 is 5.69 Å². The molecule has 0 atom stereocenters. The first-order valence-electron chi connectivity index (χ1n) is 9.56. The summed E-state index contributed by atoms with van der Waals surface area (Å²) in [6.07, 6.45) is 0.273. The molecule has 0 saturated carbocycles. The normalized spacial score (nSPS) is 10.8. The number of aryl methyl sites for hydroxylation is 1. The third kappa shape index (κ3) is 4.49. The summed E-state index contributed by atoms with van der Waals surface area (Å²) >= 11 is 5.90. The van der Waals surface area contributed by atoms with Gasteiger partial charge in [-0.1, -0.05) is 35.0 Å². The minimum atomic E-state index is -0.672. The Morgan fingerprint density at radius 1 is 1.09 bits per heavy atom. The number of nitrogens with zero attached hydrogens (tertiary/aromatic N) is 5. The summed E-state index contributed by atoms with van der Waals surface area (Å²) in [6, 6.07) is 15.4. The van der Waals surface area contributed by atoms with Crippen molar-refractivity contribution < 1.29 is 9.32 Å². The maximum absolute atomic E-state index is 12.6. The van der Waals surface area contributed by atoms with Crippen LogP contribution >= 0.6 is 11.6 Å². The number of carbonyl (C=O) groups excluding carboxylic acids is 1. The third-order valence-electron chi connectivity index (χ3n) is 4.55. The molecule has 4 aromatic rings. The Hall–Kier alpha value is -4.05. The second-order valence-corrected chi connectivity index (χ2v) is 7.25. The van der Waals surface area contributed by atoms with Crippen LogP contribution in [0.15, 0.2) is 68.7 Å². The van der Waals surface area contributed by atoms with E-state index in [1.807, 2.05) is 18.2 Å². The molecule has 2 aromatic carbocycles. The van der Waals surface area contributed by atoms with E-state index in [-0.39, 0.29) is 36.2 Å². The number of aromatic nitrogens is 5. The molecule has 1 N–H and O–H groups in total. The molecule has 1 amide bonds. The van der Waals surface area contributed by atoms with E-state index in [0.717, 1.165) is 9.25 Å². The molecule has 0 fully saturated rings. The van der Waals surface area contributed by atoms with Gasteiger partial charge in [0.05, 0.1) is 5.69 Å². The lowest BCUT2D eigenvalue weighted by molar-refractivity contribution is -0.116. The van der Waals surface area contributed by atoms with Crippen molar-refractivity contribution in [3.05, 3.63) is 86.3 Å². The van der Waals surface area contributed by atoms with Crippen LogP contribution in [0.4, 0.5) is 5.69 Å². The first-order chi connectivity index (χ1) is 15.4. The SMILES string of the molecule is Cn1c(=O)c(-c2noc(CCC(=O)Nc3ccccc3)n2)nn(-c2ccc(Cl)cc2)c1=O. The van der Waals surface area contributed by atoms with Crippen LogP contribution in [0.2, 0.25) is 5.02 Å². The Kier molecular flexibility index (Phi) is 5.95. The minimum Gasteiger partial charge on any atom is -0.339 e. The third-order valence-corrected chi connectivity index (χ3v) is 4.80. The molecule has 0 radical (unpaired) electrons. The highest BCUT2D eigenvalue weighted by molar-refractivity contribution is 6.30. The number of rotatable bonds is 6. The van der Waals surface area contributed by atoms with Gasteiger partial charge in [0.15, 0.2) is 5.69 Å². The van der Waals surface area contributed by atoms with E-state index in [1.54, 1.807) is 36.4 Å². The highest BCUT2D eigenvalue weighted by Gasteiger charge is 2.19. The number of amides is 1. The average Bonchev–Trinajstić information content (AvgIpc) is 3.27. The Morgan fingerprint density at radius 3 is 2.53 bits per heavy atom. The Balaban J connectivity index is 1.56. The zero-order valence-electron chi connectivity index (χ0n) is 16.9. The van der Waals surface area contributed by atoms with Gasteiger partial charge in [-0.25, -0.2) is 4.79 Å². The molecule has 0 aliphatic rings. The fourth-order valence-corrected chi connectivity index (χ4v) is 3.01. The van der Waals surface area contributed by atoms with Gasteiger partial charge in [0.25, 0.3) is 5.56 Å². The fraction of sp³-hybridized carbons (Fsp3) is 0.143. The summed E-state index contributed by atoms with van der Waals surface area (Å²) in [6.45, 7) is 0. The summed E-state index contributed by atoms with van der Waals surface area (Å²) in [5.41, 5.74) is -0.374. The van der Waals surface area contributed by atoms with Crippen molar-refractivity contribution in [2.75, 3.05) is 5.32 Å². The number of nitrogens with one attached hydrogen (secondary N) is 1. The largest absolute Gasteiger partial charge is 0.351 e. The smallest absolute Gasteiger partial charge is 0.339 e. The van der Waals surface area contributed by atoms with Crippen LogP contribution in [-0.4, -0.2) is 30.4 Å². The predicted octanol–water partition coefficient (Wildman–Crippen LogP) is 2.21. The summed E-state index contributed by atoms with van der Waals surface area (Å²) in [7, 11) is 1.33. The predicted molar refractivity (Wildman–Crippen MR) is 117 cm³/mol. The van der Waals surface area contributed by atoms with Crippen LogP contribution in [0.3, 0.4) is 0 Å². The van der Waals surface area contributed by atoms with Gasteiger partial charge in [0.2, 0.25) is 17.6 Å². The van der Waals surface area contributed by atoms with Crippen molar-refractivity contribution >= 4 is 23.2 Å². The van der Waals surface area contributed by atoms with E-state index < -0.39 is 11.2 Å². The maximum Gasteiger partial charge on any atom is 0.351 e. The number of para-hydroxylation sites is 1. The lowest BCUT2D eigenvalue weighted by atomic mass is 10.2. The highest BCUT2D eigenvalue weighted by atomic mass is 35.5. The molecule has 0 aliphatic carbocycles. The van der Waals surface area contributed by atoms with Crippen LogP contribution < -0.4 is 16.6 Å². The quantitative estimate of drug-likeness (QED) is 0.475. The van der Waals surface area contributed by atoms with Gasteiger partial charge in [0, 0.05) is 30.6 Å². The Morgan fingerprint density at radius 2 is 1.81 bits per heavy atom. The van der Waals surface area contributed by atoms with Crippen LogP contribution in [-0.2, 0) is 18.3 Å². The van der Waals surface area contributed by atoms with E-state index >= 15 is 0 Å². The van der Waals surface area contributed by atoms with E-state index in [9.17, 15) is 14.4 Å². The van der Waals surface area contributed by atoms with Crippen LogP contribution in [0.25, 0.3) is 17.2 Å². The summed E-state index contributed by atoms with van der Waals surface area (Å²) in [5, 5.41) is 11.2. The van der Waals surface area contributed by atoms with Crippen molar-refractivity contribution in [2.45, 2.75) is 12.8 Å². The van der Waals surface area contributed by atoms with Gasteiger partial charge in [-0.05, 0) is 36.4 Å². The number of hydrogen-bond acceptors (Lipinski definition) is 7. The number of benzene rings is 2. The van der Waals surface area contributed by atoms with E-state index in [4.69, 9.17) is 16.1 Å². The van der Waals surface area contributed by atoms with Crippen molar-refractivity contribution in [1.82, 2.24) is 24.5 Å². The molecule has 2 aromatic heterocycles. The molecule has 0 bridgehead atoms. The molecular formula is C21H17ClN6O4. The monoisotopic (exact) mass is 452 g/mol. The average molecular weight is 453 g/mol. The van der Waals surface area contributed by atoms with Crippen LogP contribution in [0.5, 0.6) is 0 Å². The molecular weight excluding hydrogens is 436 g/mol. The number of anilines is 1. The van der Waals surface area contributed by atoms with Gasteiger partial charge < -0.3 is 9.84 Å². The molecule has 162 valence electrons. The van der Waals surface area contributed by atoms with E-state index in [0.29, 0.717) is 16.4 Å². The van der Waals surface area contributed by atoms with E-state index in [1.165, 1.54) is 7.05 Å². The molecule has 32 heavy (non-hydrogen) atoms. The maximum atomic E-state index is 12.6. The Labute approximate surface area is 186 Å². The topological polar surface area (TPSA) is 125 Å². The van der Waals surface area contributed by atoms with Crippen molar-refractivity contribution in [2.24, 2.45) is 7.05 Å². The molecule has 0 aliphatic heterocycles. The van der Waals surface area contributed by atoms with Gasteiger partial charge in [-0.15, -0.1) is 0 Å². The fourth-order valence-electron chi connectivity index (χ4n) is 2.88.